The Hall–Kier alpha value is -2.16. The van der Waals surface area contributed by atoms with Gasteiger partial charge in [-0.15, -0.1) is 0 Å². The molecular weight excluding hydrogens is 489 g/mol. The first-order chi connectivity index (χ1) is 16.8. The van der Waals surface area contributed by atoms with E-state index in [9.17, 15) is 14.9 Å². The minimum atomic E-state index is -0.447. The molecule has 1 aromatic carbocycles. The molecule has 0 spiro atoms. The number of carbonyl (C=O) groups is 1. The summed E-state index contributed by atoms with van der Waals surface area (Å²) in [7, 11) is 0. The summed E-state index contributed by atoms with van der Waals surface area (Å²) < 4.78 is 1.82. The highest BCUT2D eigenvalue weighted by atomic mass is 35.5. The van der Waals surface area contributed by atoms with E-state index in [-0.39, 0.29) is 22.8 Å². The monoisotopic (exact) mass is 517 g/mol. The molecule has 2 aromatic rings. The number of aromatic nitrogens is 2. The lowest BCUT2D eigenvalue weighted by Gasteiger charge is -2.56. The molecule has 186 valence electrons. The lowest BCUT2D eigenvalue weighted by molar-refractivity contribution is -0.385. The SMILES string of the molecule is O=C(c1nn(C23CC4CC(CC(C4)C2)C3)cc1[N+](=O)[O-])N1CCN(Cc2ccc(Cl)c(Cl)c2)CC1. The summed E-state index contributed by atoms with van der Waals surface area (Å²) in [6.07, 6.45) is 8.46. The van der Waals surface area contributed by atoms with Crippen LogP contribution in [-0.2, 0) is 12.1 Å². The number of hydrogen-bond acceptors (Lipinski definition) is 5. The second-order valence-corrected chi connectivity index (χ2v) is 11.8. The lowest BCUT2D eigenvalue weighted by atomic mass is 9.53. The van der Waals surface area contributed by atoms with Crippen LogP contribution in [0.15, 0.2) is 24.4 Å². The molecule has 1 saturated heterocycles. The average molecular weight is 518 g/mol. The van der Waals surface area contributed by atoms with Gasteiger partial charge in [0.25, 0.3) is 5.91 Å². The van der Waals surface area contributed by atoms with E-state index in [1.165, 1.54) is 19.3 Å². The van der Waals surface area contributed by atoms with Crippen molar-refractivity contribution in [3.05, 3.63) is 55.8 Å². The Labute approximate surface area is 214 Å². The number of halogens is 2. The van der Waals surface area contributed by atoms with Crippen molar-refractivity contribution in [2.24, 2.45) is 17.8 Å². The smallest absolute Gasteiger partial charge is 0.320 e. The molecule has 8 nitrogen and oxygen atoms in total. The maximum atomic E-state index is 13.4. The van der Waals surface area contributed by atoms with Crippen molar-refractivity contribution in [2.45, 2.75) is 50.6 Å². The third-order valence-corrected chi connectivity index (χ3v) is 9.37. The second kappa shape index (κ2) is 8.75. The molecule has 1 aromatic heterocycles. The Morgan fingerprint density at radius 1 is 1.03 bits per heavy atom. The van der Waals surface area contributed by atoms with Crippen LogP contribution in [0.1, 0.15) is 54.6 Å². The van der Waals surface area contributed by atoms with Crippen LogP contribution < -0.4 is 0 Å². The van der Waals surface area contributed by atoms with E-state index >= 15 is 0 Å². The first-order valence-electron chi connectivity index (χ1n) is 12.5. The number of benzene rings is 1. The highest BCUT2D eigenvalue weighted by Gasteiger charge is 2.53. The number of nitro groups is 1. The highest BCUT2D eigenvalue weighted by Crippen LogP contribution is 2.58. The molecule has 4 bridgehead atoms. The van der Waals surface area contributed by atoms with Crippen LogP contribution in [0.5, 0.6) is 0 Å². The van der Waals surface area contributed by atoms with Gasteiger partial charge in [-0.2, -0.15) is 5.10 Å². The van der Waals surface area contributed by atoms with Gasteiger partial charge in [-0.25, -0.2) is 0 Å². The zero-order valence-corrected chi connectivity index (χ0v) is 21.0. The number of nitrogens with zero attached hydrogens (tertiary/aromatic N) is 5. The lowest BCUT2D eigenvalue weighted by Crippen LogP contribution is -2.52. The van der Waals surface area contributed by atoms with Gasteiger partial charge in [-0.05, 0) is 74.0 Å². The van der Waals surface area contributed by atoms with Crippen molar-refractivity contribution in [2.75, 3.05) is 26.2 Å². The van der Waals surface area contributed by atoms with E-state index in [2.05, 4.69) is 10.00 Å². The van der Waals surface area contributed by atoms with Gasteiger partial charge < -0.3 is 4.90 Å². The maximum Gasteiger partial charge on any atom is 0.320 e. The van der Waals surface area contributed by atoms with Crippen molar-refractivity contribution in [3.63, 3.8) is 0 Å². The summed E-state index contributed by atoms with van der Waals surface area (Å²) in [5, 5.41) is 17.6. The molecule has 2 heterocycles. The van der Waals surface area contributed by atoms with Gasteiger partial charge in [0.05, 0.1) is 20.5 Å². The van der Waals surface area contributed by atoms with E-state index in [1.807, 2.05) is 16.8 Å². The predicted octanol–water partition coefficient (Wildman–Crippen LogP) is 4.98. The normalized spacial score (nSPS) is 30.1. The average Bonchev–Trinajstić information content (AvgIpc) is 3.28. The summed E-state index contributed by atoms with van der Waals surface area (Å²) in [6.45, 7) is 3.06. The largest absolute Gasteiger partial charge is 0.334 e. The van der Waals surface area contributed by atoms with Crippen LogP contribution in [0.3, 0.4) is 0 Å². The van der Waals surface area contributed by atoms with Crippen LogP contribution in [0, 0.1) is 27.9 Å². The van der Waals surface area contributed by atoms with Crippen molar-refractivity contribution in [1.82, 2.24) is 19.6 Å². The molecule has 4 aliphatic carbocycles. The molecule has 10 heteroatoms. The minimum absolute atomic E-state index is 0.0105. The van der Waals surface area contributed by atoms with Crippen LogP contribution in [0.4, 0.5) is 5.69 Å². The molecule has 5 fully saturated rings. The molecular formula is C25H29Cl2N5O3. The van der Waals surface area contributed by atoms with E-state index in [0.29, 0.717) is 60.5 Å². The molecule has 0 radical (unpaired) electrons. The number of amides is 1. The van der Waals surface area contributed by atoms with Gasteiger partial charge in [0.2, 0.25) is 5.69 Å². The Bertz CT molecular complexity index is 1140. The Morgan fingerprint density at radius 3 is 2.23 bits per heavy atom. The van der Waals surface area contributed by atoms with Crippen LogP contribution in [0.2, 0.25) is 10.0 Å². The summed E-state index contributed by atoms with van der Waals surface area (Å²) >= 11 is 12.2. The minimum Gasteiger partial charge on any atom is -0.334 e. The van der Waals surface area contributed by atoms with E-state index in [1.54, 1.807) is 17.2 Å². The van der Waals surface area contributed by atoms with Crippen molar-refractivity contribution in [1.29, 1.82) is 0 Å². The third-order valence-electron chi connectivity index (χ3n) is 8.64. The van der Waals surface area contributed by atoms with Gasteiger partial charge in [-0.1, -0.05) is 29.3 Å². The summed E-state index contributed by atoms with van der Waals surface area (Å²) in [6, 6.07) is 5.60. The number of hydrogen-bond donors (Lipinski definition) is 0. The van der Waals surface area contributed by atoms with Gasteiger partial charge in [-0.3, -0.25) is 24.5 Å². The zero-order valence-electron chi connectivity index (χ0n) is 19.5. The fourth-order valence-corrected chi connectivity index (χ4v) is 7.71. The highest BCUT2D eigenvalue weighted by molar-refractivity contribution is 6.42. The van der Waals surface area contributed by atoms with Gasteiger partial charge >= 0.3 is 5.69 Å². The Balaban J connectivity index is 1.17. The molecule has 5 aliphatic rings. The fourth-order valence-electron chi connectivity index (χ4n) is 7.39. The van der Waals surface area contributed by atoms with E-state index in [4.69, 9.17) is 23.2 Å². The summed E-state index contributed by atoms with van der Waals surface area (Å²) in [5.41, 5.74) is 0.730. The quantitative estimate of drug-likeness (QED) is 0.412. The maximum absolute atomic E-state index is 13.4. The molecule has 35 heavy (non-hydrogen) atoms. The number of piperazine rings is 1. The van der Waals surface area contributed by atoms with Gasteiger partial charge in [0.15, 0.2) is 0 Å². The van der Waals surface area contributed by atoms with Crippen molar-refractivity contribution < 1.29 is 9.72 Å². The molecule has 7 rings (SSSR count). The number of carbonyl (C=O) groups excluding carboxylic acids is 1. The molecule has 1 aliphatic heterocycles. The Morgan fingerprint density at radius 2 is 1.66 bits per heavy atom. The van der Waals surface area contributed by atoms with Crippen molar-refractivity contribution >= 4 is 34.8 Å². The van der Waals surface area contributed by atoms with Crippen LogP contribution in [0.25, 0.3) is 0 Å². The Kier molecular flexibility index (Phi) is 5.81. The molecule has 4 saturated carbocycles. The van der Waals surface area contributed by atoms with Crippen LogP contribution >= 0.6 is 23.2 Å². The third kappa shape index (κ3) is 4.23. The molecule has 0 unspecified atom stereocenters. The predicted molar refractivity (Wildman–Crippen MR) is 133 cm³/mol. The second-order valence-electron chi connectivity index (χ2n) is 11.0. The first kappa shape index (κ1) is 23.3. The van der Waals surface area contributed by atoms with Crippen LogP contribution in [-0.4, -0.2) is 56.6 Å². The summed E-state index contributed by atoms with van der Waals surface area (Å²) in [5.74, 6) is 1.72. The van der Waals surface area contributed by atoms with E-state index < -0.39 is 4.92 Å². The topological polar surface area (TPSA) is 84.5 Å². The van der Waals surface area contributed by atoms with E-state index in [0.717, 1.165) is 24.8 Å². The van der Waals surface area contributed by atoms with Crippen molar-refractivity contribution in [3.8, 4) is 0 Å². The zero-order chi connectivity index (χ0) is 24.3. The standard InChI is InChI=1S/C25H29Cl2N5O3/c26-20-2-1-16(10-21(20)27)14-29-3-5-30(6-4-29)24(33)23-22(32(34)35)15-31(28-23)25-11-17-7-18(12-25)9-19(8-17)13-25/h1-2,10,15,17-19H,3-9,11-14H2. The summed E-state index contributed by atoms with van der Waals surface area (Å²) in [4.78, 5) is 28.8. The molecule has 0 atom stereocenters. The molecule has 1 amide bonds. The molecule has 0 N–H and O–H groups in total. The van der Waals surface area contributed by atoms with Gasteiger partial charge in [0.1, 0.15) is 6.20 Å². The van der Waals surface area contributed by atoms with Gasteiger partial charge in [0, 0.05) is 32.7 Å². The number of rotatable bonds is 5. The first-order valence-corrected chi connectivity index (χ1v) is 13.3. The fraction of sp³-hybridized carbons (Fsp3) is 0.600.